The Morgan fingerprint density at radius 3 is 2.12 bits per heavy atom. The van der Waals surface area contributed by atoms with Crippen LogP contribution in [0.3, 0.4) is 0 Å². The van der Waals surface area contributed by atoms with Crippen molar-refractivity contribution >= 4 is 6.09 Å². The normalized spacial score (nSPS) is 6.38. The van der Waals surface area contributed by atoms with E-state index in [4.69, 9.17) is 0 Å². The molecule has 0 atom stereocenters. The lowest BCUT2D eigenvalue weighted by Gasteiger charge is -1.89. The average molecular weight is 123 g/mol. The van der Waals surface area contributed by atoms with Crippen LogP contribution >= 0.6 is 0 Å². The standard InChI is InChI=1S/C3H7NO2.CH3F/c1-2-6-3(4)5;1-2/h2H2,1H3,(H2,4,5);1H3. The van der Waals surface area contributed by atoms with Crippen molar-refractivity contribution in [2.24, 2.45) is 5.73 Å². The van der Waals surface area contributed by atoms with E-state index in [9.17, 15) is 9.18 Å². The van der Waals surface area contributed by atoms with E-state index in [2.05, 4.69) is 10.5 Å². The molecule has 50 valence electrons. The number of nitrogens with two attached hydrogens (primary N) is 1. The highest BCUT2D eigenvalue weighted by Gasteiger charge is 1.82. The van der Waals surface area contributed by atoms with Crippen LogP contribution in [0.15, 0.2) is 0 Å². The van der Waals surface area contributed by atoms with Gasteiger partial charge in [-0.25, -0.2) is 4.79 Å². The van der Waals surface area contributed by atoms with E-state index in [1.165, 1.54) is 0 Å². The van der Waals surface area contributed by atoms with Crippen LogP contribution in [0, 0.1) is 0 Å². The minimum Gasteiger partial charge on any atom is -0.450 e. The van der Waals surface area contributed by atoms with Gasteiger partial charge in [0, 0.05) is 0 Å². The fourth-order valence-electron chi connectivity index (χ4n) is 0.142. The second kappa shape index (κ2) is 9.50. The van der Waals surface area contributed by atoms with E-state index in [0.29, 0.717) is 13.8 Å². The topological polar surface area (TPSA) is 52.3 Å². The third kappa shape index (κ3) is 19.0. The van der Waals surface area contributed by atoms with Crippen molar-refractivity contribution in [1.29, 1.82) is 0 Å². The molecule has 1 amide bonds. The fraction of sp³-hybridized carbons (Fsp3) is 0.750. The zero-order valence-corrected chi connectivity index (χ0v) is 4.98. The van der Waals surface area contributed by atoms with Gasteiger partial charge in [-0.15, -0.1) is 0 Å². The quantitative estimate of drug-likeness (QED) is 0.557. The summed E-state index contributed by atoms with van der Waals surface area (Å²) in [6.45, 7) is 2.06. The SMILES string of the molecule is CCOC(N)=O.CF. The van der Waals surface area contributed by atoms with Gasteiger partial charge in [-0.05, 0) is 6.92 Å². The van der Waals surface area contributed by atoms with Crippen molar-refractivity contribution in [3.8, 4) is 0 Å². The van der Waals surface area contributed by atoms with Gasteiger partial charge in [0.1, 0.15) is 0 Å². The Morgan fingerprint density at radius 1 is 1.75 bits per heavy atom. The number of primary amides is 1. The molecule has 0 aliphatic carbocycles. The first kappa shape index (κ1) is 10.2. The fourth-order valence-corrected chi connectivity index (χ4v) is 0.142. The highest BCUT2D eigenvalue weighted by atomic mass is 19.1. The lowest BCUT2D eigenvalue weighted by Crippen LogP contribution is -2.11. The Labute approximate surface area is 47.6 Å². The predicted molar refractivity (Wildman–Crippen MR) is 28.2 cm³/mol. The third-order valence-corrected chi connectivity index (χ3v) is 0.287. The van der Waals surface area contributed by atoms with Crippen LogP contribution in [-0.4, -0.2) is 19.9 Å². The molecule has 0 saturated heterocycles. The summed E-state index contributed by atoms with van der Waals surface area (Å²) in [5.41, 5.74) is 4.54. The molecule has 0 aromatic heterocycles. The molecule has 0 saturated carbocycles. The maximum absolute atomic E-state index is 9.60. The van der Waals surface area contributed by atoms with Crippen molar-refractivity contribution in [3.05, 3.63) is 0 Å². The number of alkyl halides is 1. The highest BCUT2D eigenvalue weighted by molar-refractivity contribution is 5.64. The van der Waals surface area contributed by atoms with Crippen LogP contribution in [0.4, 0.5) is 9.18 Å². The van der Waals surface area contributed by atoms with E-state index in [1.807, 2.05) is 0 Å². The van der Waals surface area contributed by atoms with E-state index in [0.717, 1.165) is 0 Å². The maximum Gasteiger partial charge on any atom is 0.404 e. The van der Waals surface area contributed by atoms with E-state index >= 15 is 0 Å². The lowest BCUT2D eigenvalue weighted by molar-refractivity contribution is 0.163. The largest absolute Gasteiger partial charge is 0.450 e. The molecule has 0 aliphatic heterocycles. The summed E-state index contributed by atoms with van der Waals surface area (Å²) in [5.74, 6) is 0. The maximum atomic E-state index is 9.60. The van der Waals surface area contributed by atoms with Gasteiger partial charge in [0.2, 0.25) is 0 Å². The summed E-state index contributed by atoms with van der Waals surface area (Å²) < 4.78 is 13.7. The first-order chi connectivity index (χ1) is 3.77. The number of hydrogen-bond acceptors (Lipinski definition) is 2. The Kier molecular flexibility index (Phi) is 12.2. The second-order valence-corrected chi connectivity index (χ2v) is 0.752. The van der Waals surface area contributed by atoms with Crippen molar-refractivity contribution in [3.63, 3.8) is 0 Å². The first-order valence-corrected chi connectivity index (χ1v) is 2.07. The van der Waals surface area contributed by atoms with Crippen LogP contribution < -0.4 is 5.73 Å². The number of ether oxygens (including phenoxy) is 1. The Bertz CT molecular complexity index is 58.0. The minimum atomic E-state index is -0.711. The molecule has 0 spiro atoms. The van der Waals surface area contributed by atoms with Crippen molar-refractivity contribution < 1.29 is 13.9 Å². The van der Waals surface area contributed by atoms with Gasteiger partial charge in [0.25, 0.3) is 0 Å². The molecule has 0 heterocycles. The van der Waals surface area contributed by atoms with Gasteiger partial charge in [0.05, 0.1) is 13.8 Å². The third-order valence-electron chi connectivity index (χ3n) is 0.287. The van der Waals surface area contributed by atoms with Crippen LogP contribution in [0.5, 0.6) is 0 Å². The van der Waals surface area contributed by atoms with Crippen LogP contribution in [0.25, 0.3) is 0 Å². The van der Waals surface area contributed by atoms with Gasteiger partial charge >= 0.3 is 6.09 Å². The van der Waals surface area contributed by atoms with Gasteiger partial charge in [-0.1, -0.05) is 0 Å². The Morgan fingerprint density at radius 2 is 2.12 bits per heavy atom. The summed E-state index contributed by atoms with van der Waals surface area (Å²) in [7, 11) is 0.500. The molecule has 0 aromatic carbocycles. The number of hydrogen-bond donors (Lipinski definition) is 1. The highest BCUT2D eigenvalue weighted by Crippen LogP contribution is 1.66. The molecule has 3 nitrogen and oxygen atoms in total. The molecular formula is C4H10FNO2. The summed E-state index contributed by atoms with van der Waals surface area (Å²) >= 11 is 0. The molecule has 0 aromatic rings. The van der Waals surface area contributed by atoms with E-state index < -0.39 is 6.09 Å². The number of rotatable bonds is 1. The lowest BCUT2D eigenvalue weighted by atomic mass is 10.9. The summed E-state index contributed by atoms with van der Waals surface area (Å²) in [5, 5.41) is 0. The van der Waals surface area contributed by atoms with Gasteiger partial charge in [-0.3, -0.25) is 4.39 Å². The molecule has 2 N–H and O–H groups in total. The molecule has 0 radical (unpaired) electrons. The zero-order chi connectivity index (χ0) is 6.99. The molecule has 0 bridgehead atoms. The molecule has 0 aliphatic rings. The van der Waals surface area contributed by atoms with Crippen molar-refractivity contribution in [2.45, 2.75) is 6.92 Å². The van der Waals surface area contributed by atoms with Crippen LogP contribution in [0.1, 0.15) is 6.92 Å². The van der Waals surface area contributed by atoms with Gasteiger partial charge in [-0.2, -0.15) is 0 Å². The first-order valence-electron chi connectivity index (χ1n) is 2.07. The summed E-state index contributed by atoms with van der Waals surface area (Å²) in [6.07, 6.45) is -0.711. The van der Waals surface area contributed by atoms with Crippen molar-refractivity contribution in [2.75, 3.05) is 13.8 Å². The van der Waals surface area contributed by atoms with Crippen LogP contribution in [0.2, 0.25) is 0 Å². The summed E-state index contributed by atoms with van der Waals surface area (Å²) in [6, 6.07) is 0. The summed E-state index contributed by atoms with van der Waals surface area (Å²) in [4.78, 5) is 9.60. The average Bonchev–Trinajstić information content (AvgIpc) is 1.72. The zero-order valence-electron chi connectivity index (χ0n) is 4.98. The smallest absolute Gasteiger partial charge is 0.404 e. The molecular weight excluding hydrogens is 113 g/mol. The molecule has 8 heavy (non-hydrogen) atoms. The second-order valence-electron chi connectivity index (χ2n) is 0.752. The number of amides is 1. The van der Waals surface area contributed by atoms with E-state index in [1.54, 1.807) is 6.92 Å². The Hall–Kier alpha value is -0.800. The minimum absolute atomic E-state index is 0.356. The number of carbonyl (C=O) groups excluding carboxylic acids is 1. The van der Waals surface area contributed by atoms with Gasteiger partial charge in [0.15, 0.2) is 0 Å². The Balaban J connectivity index is 0. The van der Waals surface area contributed by atoms with Gasteiger partial charge < -0.3 is 10.5 Å². The predicted octanol–water partition coefficient (Wildman–Crippen LogP) is 0.687. The number of halogens is 1. The molecule has 0 unspecified atom stereocenters. The monoisotopic (exact) mass is 123 g/mol. The van der Waals surface area contributed by atoms with Crippen molar-refractivity contribution in [1.82, 2.24) is 0 Å². The number of carbonyl (C=O) groups is 1. The van der Waals surface area contributed by atoms with E-state index in [-0.39, 0.29) is 0 Å². The molecule has 0 fully saturated rings. The van der Waals surface area contributed by atoms with Crippen LogP contribution in [-0.2, 0) is 4.74 Å². The molecule has 0 rings (SSSR count). The molecule has 4 heteroatoms.